The monoisotopic (exact) mass is 559 g/mol. The van der Waals surface area contributed by atoms with Crippen molar-refractivity contribution in [1.82, 2.24) is 0 Å². The quantitative estimate of drug-likeness (QED) is 0.135. The highest BCUT2D eigenvalue weighted by Crippen LogP contribution is 2.45. The molecule has 0 aliphatic carbocycles. The molecule has 0 N–H and O–H groups in total. The van der Waals surface area contributed by atoms with Crippen LogP contribution in [0.25, 0.3) is 0 Å². The van der Waals surface area contributed by atoms with E-state index in [9.17, 15) is 14.2 Å². The van der Waals surface area contributed by atoms with Crippen molar-refractivity contribution >= 4 is 82.4 Å². The molecular formula is C24H17Cl5O3P. The first kappa shape index (κ1) is 26.2. The van der Waals surface area contributed by atoms with E-state index in [1.807, 2.05) is 26.8 Å². The maximum Gasteiger partial charge on any atom is 0.247 e. The SMILES string of the molecule is Cc1cc(C)c(C(=O)[P](=O)c2ccccc2C(=O)c2c(Cl)c(Cl)c(Cl)c(Cl)c2Cl)c(C)c1C. The van der Waals surface area contributed by atoms with E-state index in [0.717, 1.165) is 22.3 Å². The lowest BCUT2D eigenvalue weighted by molar-refractivity contribution is 0.103. The normalized spacial score (nSPS) is 11.5. The third kappa shape index (κ3) is 4.60. The number of hydrogen-bond donors (Lipinski definition) is 0. The number of hydrogen-bond acceptors (Lipinski definition) is 3. The Morgan fingerprint density at radius 3 is 1.79 bits per heavy atom. The standard InChI is InChI=1S/C24H17Cl5O3P/c1-10-9-11(2)16(13(4)12(10)3)24(31)33(32)15-8-6-5-7-14(15)23(30)17-18(25)20(27)22(29)21(28)19(17)26/h5-9H,1-4H3. The number of carbonyl (C=O) groups excluding carboxylic acids is 2. The second-order valence-corrected chi connectivity index (χ2v) is 10.9. The molecule has 0 saturated carbocycles. The highest BCUT2D eigenvalue weighted by atomic mass is 35.5. The van der Waals surface area contributed by atoms with Crippen LogP contribution >= 0.6 is 65.8 Å². The average molecular weight is 562 g/mol. The van der Waals surface area contributed by atoms with E-state index in [1.54, 1.807) is 19.1 Å². The van der Waals surface area contributed by atoms with Gasteiger partial charge in [-0.2, -0.15) is 0 Å². The first-order valence-electron chi connectivity index (χ1n) is 9.64. The van der Waals surface area contributed by atoms with Gasteiger partial charge < -0.3 is 0 Å². The van der Waals surface area contributed by atoms with Crippen LogP contribution in [-0.4, -0.2) is 11.3 Å². The molecule has 0 aromatic heterocycles. The van der Waals surface area contributed by atoms with Gasteiger partial charge in [0.25, 0.3) is 0 Å². The van der Waals surface area contributed by atoms with Crippen LogP contribution in [0.1, 0.15) is 48.5 Å². The van der Waals surface area contributed by atoms with Crippen molar-refractivity contribution in [2.45, 2.75) is 27.7 Å². The van der Waals surface area contributed by atoms with Gasteiger partial charge in [-0.1, -0.05) is 76.2 Å². The molecule has 3 rings (SSSR count). The summed E-state index contributed by atoms with van der Waals surface area (Å²) in [7, 11) is -2.64. The minimum absolute atomic E-state index is 0.00403. The molecule has 33 heavy (non-hydrogen) atoms. The third-order valence-electron chi connectivity index (χ3n) is 5.56. The topological polar surface area (TPSA) is 51.2 Å². The fraction of sp³-hybridized carbons (Fsp3) is 0.167. The van der Waals surface area contributed by atoms with Gasteiger partial charge in [0.1, 0.15) is 0 Å². The first-order chi connectivity index (χ1) is 15.4. The Labute approximate surface area is 217 Å². The lowest BCUT2D eigenvalue weighted by Crippen LogP contribution is -2.17. The number of rotatable bonds is 5. The van der Waals surface area contributed by atoms with Crippen molar-refractivity contribution in [3.63, 3.8) is 0 Å². The van der Waals surface area contributed by atoms with Gasteiger partial charge in [0.05, 0.1) is 36.0 Å². The van der Waals surface area contributed by atoms with Crippen LogP contribution in [0.15, 0.2) is 30.3 Å². The number of aryl methyl sites for hydroxylation is 2. The van der Waals surface area contributed by atoms with Crippen LogP contribution < -0.4 is 5.30 Å². The Kier molecular flexibility index (Phi) is 7.96. The predicted molar refractivity (Wildman–Crippen MR) is 138 cm³/mol. The maximum atomic E-state index is 13.5. The summed E-state index contributed by atoms with van der Waals surface area (Å²) in [6, 6.07) is 7.97. The van der Waals surface area contributed by atoms with E-state index in [2.05, 4.69) is 0 Å². The average Bonchev–Trinajstić information content (AvgIpc) is 2.79. The zero-order chi connectivity index (χ0) is 24.8. The molecule has 0 amide bonds. The van der Waals surface area contributed by atoms with Gasteiger partial charge in [-0.15, -0.1) is 0 Å². The first-order valence-corrected chi connectivity index (χ1v) is 12.8. The Bertz CT molecular complexity index is 1340. The summed E-state index contributed by atoms with van der Waals surface area (Å²) in [5.41, 5.74) is 3.10. The molecule has 0 heterocycles. The summed E-state index contributed by atoms with van der Waals surface area (Å²) in [6.07, 6.45) is 0. The van der Waals surface area contributed by atoms with Gasteiger partial charge in [-0.05, 0) is 62.1 Å². The van der Waals surface area contributed by atoms with Crippen molar-refractivity contribution in [3.8, 4) is 0 Å². The summed E-state index contributed by atoms with van der Waals surface area (Å²) in [6.45, 7) is 7.47. The van der Waals surface area contributed by atoms with Crippen LogP contribution in [0, 0.1) is 27.7 Å². The highest BCUT2D eigenvalue weighted by Gasteiger charge is 2.30. The molecule has 3 aromatic carbocycles. The van der Waals surface area contributed by atoms with Crippen molar-refractivity contribution in [2.24, 2.45) is 0 Å². The fourth-order valence-corrected chi connectivity index (χ4v) is 6.30. The minimum Gasteiger partial charge on any atom is -0.288 e. The molecule has 171 valence electrons. The van der Waals surface area contributed by atoms with E-state index < -0.39 is 19.1 Å². The Morgan fingerprint density at radius 2 is 1.21 bits per heavy atom. The van der Waals surface area contributed by atoms with E-state index in [-0.39, 0.29) is 41.5 Å². The molecule has 3 nitrogen and oxygen atoms in total. The maximum absolute atomic E-state index is 13.5. The summed E-state index contributed by atoms with van der Waals surface area (Å²) < 4.78 is 13.5. The van der Waals surface area contributed by atoms with Crippen molar-refractivity contribution in [2.75, 3.05) is 0 Å². The van der Waals surface area contributed by atoms with Gasteiger partial charge in [-0.3, -0.25) is 14.2 Å². The minimum atomic E-state index is -2.64. The fourth-order valence-electron chi connectivity index (χ4n) is 3.61. The number of halogens is 5. The molecule has 1 unspecified atom stereocenters. The van der Waals surface area contributed by atoms with E-state index in [0.29, 0.717) is 5.56 Å². The molecule has 0 aliphatic heterocycles. The molecule has 0 spiro atoms. The van der Waals surface area contributed by atoms with Crippen molar-refractivity contribution in [3.05, 3.63) is 94.4 Å². The molecule has 0 fully saturated rings. The van der Waals surface area contributed by atoms with Crippen molar-refractivity contribution in [1.29, 1.82) is 0 Å². The smallest absolute Gasteiger partial charge is 0.247 e. The molecule has 3 aromatic rings. The van der Waals surface area contributed by atoms with Crippen LogP contribution in [0.5, 0.6) is 0 Å². The molecule has 1 atom stereocenters. The van der Waals surface area contributed by atoms with Gasteiger partial charge in [-0.25, -0.2) is 0 Å². The number of benzene rings is 3. The van der Waals surface area contributed by atoms with Crippen LogP contribution in [0.2, 0.25) is 25.1 Å². The van der Waals surface area contributed by atoms with Gasteiger partial charge in [0.2, 0.25) is 5.52 Å². The molecule has 9 heteroatoms. The Morgan fingerprint density at radius 1 is 0.697 bits per heavy atom. The zero-order valence-corrected chi connectivity index (χ0v) is 22.6. The van der Waals surface area contributed by atoms with Crippen molar-refractivity contribution < 1.29 is 14.2 Å². The lowest BCUT2D eigenvalue weighted by atomic mass is 9.95. The van der Waals surface area contributed by atoms with Gasteiger partial charge in [0, 0.05) is 11.1 Å². The van der Waals surface area contributed by atoms with E-state index in [1.165, 1.54) is 12.1 Å². The summed E-state index contributed by atoms with van der Waals surface area (Å²) in [5.74, 6) is -0.675. The van der Waals surface area contributed by atoms with Gasteiger partial charge >= 0.3 is 0 Å². The number of carbonyl (C=O) groups is 2. The largest absolute Gasteiger partial charge is 0.288 e. The molecular weight excluding hydrogens is 545 g/mol. The van der Waals surface area contributed by atoms with E-state index >= 15 is 0 Å². The van der Waals surface area contributed by atoms with E-state index in [4.69, 9.17) is 58.0 Å². The van der Waals surface area contributed by atoms with Crippen LogP contribution in [0.3, 0.4) is 0 Å². The summed E-state index contributed by atoms with van der Waals surface area (Å²) in [5, 5.41) is -0.642. The summed E-state index contributed by atoms with van der Waals surface area (Å²) in [4.78, 5) is 26.8. The molecule has 0 aliphatic rings. The Balaban J connectivity index is 2.16. The molecule has 0 bridgehead atoms. The second kappa shape index (κ2) is 10.0. The second-order valence-electron chi connectivity index (χ2n) is 7.53. The predicted octanol–water partition coefficient (Wildman–Crippen LogP) is 8.71. The van der Waals surface area contributed by atoms with Gasteiger partial charge in [0.15, 0.2) is 13.6 Å². The number of ketones is 1. The molecule has 0 saturated heterocycles. The Hall–Kier alpha value is -1.45. The van der Waals surface area contributed by atoms with Crippen LogP contribution in [-0.2, 0) is 4.57 Å². The highest BCUT2D eigenvalue weighted by molar-refractivity contribution is 7.71. The zero-order valence-electron chi connectivity index (χ0n) is 17.9. The molecule has 1 radical (unpaired) electrons. The van der Waals surface area contributed by atoms with Crippen LogP contribution in [0.4, 0.5) is 0 Å². The summed E-state index contributed by atoms with van der Waals surface area (Å²) >= 11 is 30.8. The lowest BCUT2D eigenvalue weighted by Gasteiger charge is -2.15. The third-order valence-corrected chi connectivity index (χ3v) is 9.26.